The molecule has 4 aromatic rings. The molecule has 0 bridgehead atoms. The van der Waals surface area contributed by atoms with Crippen LogP contribution in [-0.4, -0.2) is 7.98 Å². The van der Waals surface area contributed by atoms with Gasteiger partial charge in [0.25, 0.3) is 0 Å². The summed E-state index contributed by atoms with van der Waals surface area (Å²) < 4.78 is 6.36. The molecule has 1 aromatic heterocycles. The highest BCUT2D eigenvalue weighted by Gasteiger charge is 2.21. The molecule has 0 aliphatic rings. The first kappa shape index (κ1) is 15.8. The Morgan fingerprint density at radius 1 is 0.760 bits per heavy atom. The molecule has 3 aromatic carbocycles. The maximum Gasteiger partial charge on any atom is 0.234 e. The number of anilines is 2. The summed E-state index contributed by atoms with van der Waals surface area (Å²) in [5.74, 6) is 0. The van der Waals surface area contributed by atoms with Crippen LogP contribution in [0.3, 0.4) is 0 Å². The predicted octanol–water partition coefficient (Wildman–Crippen LogP) is 6.11. The molecule has 0 atom stereocenters. The zero-order valence-corrected chi connectivity index (χ0v) is 14.8. The van der Waals surface area contributed by atoms with Crippen LogP contribution in [0.2, 0.25) is 0 Å². The van der Waals surface area contributed by atoms with Crippen molar-refractivity contribution in [2.24, 2.45) is 0 Å². The first-order valence-electron chi connectivity index (χ1n) is 8.51. The second kappa shape index (κ2) is 5.70. The second-order valence-corrected chi connectivity index (χ2v) is 7.39. The molecule has 1 heterocycles. The molecule has 25 heavy (non-hydrogen) atoms. The molecule has 2 radical (unpaired) electrons. The summed E-state index contributed by atoms with van der Waals surface area (Å²) >= 11 is 0. The van der Waals surface area contributed by atoms with Crippen molar-refractivity contribution in [1.29, 1.82) is 0 Å². The minimum absolute atomic E-state index is 0.00931. The summed E-state index contributed by atoms with van der Waals surface area (Å²) in [6.07, 6.45) is 0. The Morgan fingerprint density at radius 3 is 2.08 bits per heavy atom. The Hall–Kier alpha value is -2.68. The topological polar surface area (TPSA) is 16.4 Å². The van der Waals surface area contributed by atoms with Gasteiger partial charge in [-0.1, -0.05) is 69.3 Å². The van der Waals surface area contributed by atoms with Gasteiger partial charge in [0, 0.05) is 22.0 Å². The SMILES string of the molecule is [B]N(c1ccccc1)c1cccc2c1oc1c(C(C)(C)C)cccc12. The van der Waals surface area contributed by atoms with Crippen molar-refractivity contribution in [2.75, 3.05) is 4.81 Å². The molecule has 0 spiro atoms. The molecule has 0 saturated carbocycles. The molecule has 0 amide bonds. The van der Waals surface area contributed by atoms with E-state index in [0.29, 0.717) is 0 Å². The lowest BCUT2D eigenvalue weighted by molar-refractivity contribution is 0.573. The van der Waals surface area contributed by atoms with Crippen LogP contribution in [0.4, 0.5) is 11.4 Å². The van der Waals surface area contributed by atoms with Gasteiger partial charge in [-0.15, -0.1) is 0 Å². The van der Waals surface area contributed by atoms with Crippen LogP contribution in [0.15, 0.2) is 71.1 Å². The number of hydrogen-bond acceptors (Lipinski definition) is 2. The molecule has 0 fully saturated rings. The third-order valence-corrected chi connectivity index (χ3v) is 4.61. The highest BCUT2D eigenvalue weighted by molar-refractivity contribution is 6.25. The lowest BCUT2D eigenvalue weighted by Gasteiger charge is -2.20. The molecule has 0 aliphatic carbocycles. The van der Waals surface area contributed by atoms with Crippen molar-refractivity contribution < 1.29 is 4.42 Å². The maximum absolute atomic E-state index is 6.40. The summed E-state index contributed by atoms with van der Waals surface area (Å²) in [6, 6.07) is 22.4. The van der Waals surface area contributed by atoms with Crippen LogP contribution in [0, 0.1) is 0 Å². The molecular formula is C22H20BNO. The van der Waals surface area contributed by atoms with Gasteiger partial charge in [0.05, 0.1) is 5.69 Å². The normalized spacial score (nSPS) is 12.0. The standard InChI is InChI=1S/C22H20BNO/c1-22(2,3)18-13-7-11-16-17-12-8-14-19(21(17)25-20(16)18)24(23)15-9-5-4-6-10-15/h4-14H,1-3H3. The third-order valence-electron chi connectivity index (χ3n) is 4.61. The highest BCUT2D eigenvalue weighted by atomic mass is 16.3. The van der Waals surface area contributed by atoms with E-state index < -0.39 is 0 Å². The van der Waals surface area contributed by atoms with Crippen LogP contribution in [0.25, 0.3) is 21.9 Å². The number of rotatable bonds is 2. The van der Waals surface area contributed by atoms with E-state index in [1.165, 1.54) is 5.56 Å². The zero-order valence-electron chi connectivity index (χ0n) is 14.8. The molecule has 0 saturated heterocycles. The Kier molecular flexibility index (Phi) is 3.61. The number of fused-ring (bicyclic) bond motifs is 3. The maximum atomic E-state index is 6.40. The van der Waals surface area contributed by atoms with Crippen LogP contribution in [-0.2, 0) is 5.41 Å². The molecule has 0 aliphatic heterocycles. The Labute approximate surface area is 149 Å². The van der Waals surface area contributed by atoms with E-state index in [1.807, 2.05) is 42.5 Å². The zero-order chi connectivity index (χ0) is 17.6. The van der Waals surface area contributed by atoms with E-state index in [1.54, 1.807) is 4.81 Å². The number of hydrogen-bond donors (Lipinski definition) is 0. The summed E-state index contributed by atoms with van der Waals surface area (Å²) in [5, 5.41) is 2.22. The van der Waals surface area contributed by atoms with Gasteiger partial charge in [0.15, 0.2) is 5.58 Å². The van der Waals surface area contributed by atoms with Crippen molar-refractivity contribution in [3.05, 3.63) is 72.3 Å². The fourth-order valence-electron chi connectivity index (χ4n) is 3.31. The number of para-hydroxylation sites is 3. The minimum atomic E-state index is 0.00931. The van der Waals surface area contributed by atoms with Gasteiger partial charge in [-0.2, -0.15) is 0 Å². The first-order chi connectivity index (χ1) is 12.0. The minimum Gasteiger partial charge on any atom is -0.454 e. The van der Waals surface area contributed by atoms with Crippen molar-refractivity contribution >= 4 is 41.3 Å². The van der Waals surface area contributed by atoms with Gasteiger partial charge >= 0.3 is 0 Å². The van der Waals surface area contributed by atoms with Crippen LogP contribution < -0.4 is 4.81 Å². The number of benzene rings is 3. The summed E-state index contributed by atoms with van der Waals surface area (Å²) in [4.78, 5) is 1.68. The van der Waals surface area contributed by atoms with Crippen LogP contribution in [0.1, 0.15) is 26.3 Å². The average molecular weight is 325 g/mol. The third kappa shape index (κ3) is 2.60. The average Bonchev–Trinajstić information content (AvgIpc) is 2.99. The van der Waals surface area contributed by atoms with E-state index in [9.17, 15) is 0 Å². The van der Waals surface area contributed by atoms with Gasteiger partial charge < -0.3 is 9.23 Å². The van der Waals surface area contributed by atoms with Gasteiger partial charge in [-0.05, 0) is 23.6 Å². The molecule has 0 N–H and O–H groups in total. The fourth-order valence-corrected chi connectivity index (χ4v) is 3.31. The van der Waals surface area contributed by atoms with E-state index >= 15 is 0 Å². The van der Waals surface area contributed by atoms with E-state index in [4.69, 9.17) is 12.4 Å². The van der Waals surface area contributed by atoms with Gasteiger partial charge in [0.1, 0.15) is 5.58 Å². The van der Waals surface area contributed by atoms with Crippen molar-refractivity contribution in [1.82, 2.24) is 0 Å². The monoisotopic (exact) mass is 325 g/mol. The van der Waals surface area contributed by atoms with Crippen molar-refractivity contribution in [3.8, 4) is 0 Å². The number of furan rings is 1. The smallest absolute Gasteiger partial charge is 0.234 e. The summed E-state index contributed by atoms with van der Waals surface area (Å²) in [7, 11) is 6.40. The van der Waals surface area contributed by atoms with Crippen LogP contribution in [0.5, 0.6) is 0 Å². The molecule has 122 valence electrons. The molecule has 2 nitrogen and oxygen atoms in total. The molecule has 0 unspecified atom stereocenters. The van der Waals surface area contributed by atoms with Crippen molar-refractivity contribution in [3.63, 3.8) is 0 Å². The second-order valence-electron chi connectivity index (χ2n) is 7.39. The first-order valence-corrected chi connectivity index (χ1v) is 8.51. The number of nitrogens with zero attached hydrogens (tertiary/aromatic N) is 1. The Morgan fingerprint density at radius 2 is 1.40 bits per heavy atom. The highest BCUT2D eigenvalue weighted by Crippen LogP contribution is 2.40. The van der Waals surface area contributed by atoms with E-state index in [-0.39, 0.29) is 5.41 Å². The van der Waals surface area contributed by atoms with Crippen LogP contribution >= 0.6 is 0 Å². The van der Waals surface area contributed by atoms with E-state index in [0.717, 1.165) is 33.3 Å². The largest absolute Gasteiger partial charge is 0.454 e. The summed E-state index contributed by atoms with van der Waals surface area (Å²) in [6.45, 7) is 6.61. The molecule has 3 heteroatoms. The van der Waals surface area contributed by atoms with Crippen molar-refractivity contribution in [2.45, 2.75) is 26.2 Å². The Balaban J connectivity index is 1.99. The molecular weight excluding hydrogens is 305 g/mol. The van der Waals surface area contributed by atoms with E-state index in [2.05, 4.69) is 45.0 Å². The quantitative estimate of drug-likeness (QED) is 0.414. The summed E-state index contributed by atoms with van der Waals surface area (Å²) in [5.41, 5.74) is 4.76. The van der Waals surface area contributed by atoms with Gasteiger partial charge in [-0.3, -0.25) is 0 Å². The Bertz CT molecular complexity index is 1040. The fraction of sp³-hybridized carbons (Fsp3) is 0.182. The lowest BCUT2D eigenvalue weighted by atomic mass is 9.86. The van der Waals surface area contributed by atoms with Gasteiger partial charge in [-0.25, -0.2) is 0 Å². The molecule has 4 rings (SSSR count). The van der Waals surface area contributed by atoms with Gasteiger partial charge in [0.2, 0.25) is 7.98 Å². The predicted molar refractivity (Wildman–Crippen MR) is 107 cm³/mol. The lowest BCUT2D eigenvalue weighted by Crippen LogP contribution is -2.11.